The average molecular weight is 153 g/mol. The van der Waals surface area contributed by atoms with Gasteiger partial charge in [0, 0.05) is 6.54 Å². The Morgan fingerprint density at radius 3 is 2.82 bits per heavy atom. The molecule has 0 aliphatic carbocycles. The number of hydrogen-bond donors (Lipinski definition) is 3. The van der Waals surface area contributed by atoms with Gasteiger partial charge in [0.15, 0.2) is 5.82 Å². The van der Waals surface area contributed by atoms with E-state index >= 15 is 0 Å². The van der Waals surface area contributed by atoms with E-state index in [4.69, 9.17) is 5.84 Å². The van der Waals surface area contributed by atoms with E-state index in [1.54, 1.807) is 12.4 Å². The maximum absolute atomic E-state index is 5.13. The first-order valence-electron chi connectivity index (χ1n) is 3.39. The van der Waals surface area contributed by atoms with Crippen LogP contribution in [-0.4, -0.2) is 16.5 Å². The number of nitrogens with zero attached hydrogens (tertiary/aromatic N) is 2. The molecule has 0 aromatic carbocycles. The molecule has 0 saturated carbocycles. The maximum atomic E-state index is 5.13. The summed E-state index contributed by atoms with van der Waals surface area (Å²) in [7, 11) is 0. The highest BCUT2D eigenvalue weighted by atomic mass is 15.3. The fourth-order valence-electron chi connectivity index (χ4n) is 0.702. The van der Waals surface area contributed by atoms with Crippen LogP contribution < -0.4 is 16.6 Å². The van der Waals surface area contributed by atoms with Crippen molar-refractivity contribution in [3.8, 4) is 0 Å². The summed E-state index contributed by atoms with van der Waals surface area (Å²) in [5.41, 5.74) is 2.41. The van der Waals surface area contributed by atoms with Gasteiger partial charge in [-0.15, -0.1) is 0 Å². The van der Waals surface area contributed by atoms with E-state index in [2.05, 4.69) is 20.7 Å². The van der Waals surface area contributed by atoms with Crippen LogP contribution in [0, 0.1) is 0 Å². The summed E-state index contributed by atoms with van der Waals surface area (Å²) < 4.78 is 0. The van der Waals surface area contributed by atoms with Crippen molar-refractivity contribution in [2.75, 3.05) is 17.3 Å². The first-order valence-corrected chi connectivity index (χ1v) is 3.39. The molecular weight excluding hydrogens is 142 g/mol. The monoisotopic (exact) mass is 153 g/mol. The topological polar surface area (TPSA) is 75.9 Å². The normalized spacial score (nSPS) is 9.27. The van der Waals surface area contributed by atoms with E-state index in [0.717, 1.165) is 12.4 Å². The van der Waals surface area contributed by atoms with Gasteiger partial charge in [-0.25, -0.2) is 10.8 Å². The second-order valence-electron chi connectivity index (χ2n) is 1.96. The molecule has 0 aliphatic heterocycles. The summed E-state index contributed by atoms with van der Waals surface area (Å²) in [6, 6.07) is 0. The first-order chi connectivity index (χ1) is 5.36. The molecule has 1 aromatic heterocycles. The fourth-order valence-corrected chi connectivity index (χ4v) is 0.702. The minimum absolute atomic E-state index is 0.559. The third-order valence-electron chi connectivity index (χ3n) is 1.14. The van der Waals surface area contributed by atoms with Crippen LogP contribution in [-0.2, 0) is 0 Å². The summed E-state index contributed by atoms with van der Waals surface area (Å²) in [4.78, 5) is 7.98. The Kier molecular flexibility index (Phi) is 2.62. The second-order valence-corrected chi connectivity index (χ2v) is 1.96. The van der Waals surface area contributed by atoms with Crippen molar-refractivity contribution in [2.24, 2.45) is 5.84 Å². The summed E-state index contributed by atoms with van der Waals surface area (Å²) in [6.07, 6.45) is 3.20. The molecule has 11 heavy (non-hydrogen) atoms. The van der Waals surface area contributed by atoms with Gasteiger partial charge < -0.3 is 10.7 Å². The lowest BCUT2D eigenvalue weighted by molar-refractivity contribution is 1.11. The van der Waals surface area contributed by atoms with Crippen molar-refractivity contribution < 1.29 is 0 Å². The Morgan fingerprint density at radius 2 is 2.18 bits per heavy atom. The lowest BCUT2D eigenvalue weighted by atomic mass is 10.6. The van der Waals surface area contributed by atoms with Crippen LogP contribution in [0.15, 0.2) is 12.4 Å². The number of anilines is 2. The number of hydrogen-bond acceptors (Lipinski definition) is 5. The van der Waals surface area contributed by atoms with Crippen molar-refractivity contribution in [1.82, 2.24) is 9.97 Å². The van der Waals surface area contributed by atoms with Gasteiger partial charge in [0.25, 0.3) is 0 Å². The van der Waals surface area contributed by atoms with Gasteiger partial charge in [-0.1, -0.05) is 0 Å². The van der Waals surface area contributed by atoms with Gasteiger partial charge in [0.05, 0.1) is 12.4 Å². The Labute approximate surface area is 65.0 Å². The highest BCUT2D eigenvalue weighted by molar-refractivity contribution is 5.40. The van der Waals surface area contributed by atoms with E-state index < -0.39 is 0 Å². The number of nitrogen functional groups attached to an aromatic ring is 1. The van der Waals surface area contributed by atoms with Crippen LogP contribution in [0.4, 0.5) is 11.6 Å². The van der Waals surface area contributed by atoms with E-state index in [1.807, 2.05) is 6.92 Å². The molecule has 0 bridgehead atoms. The molecule has 0 spiro atoms. The lowest BCUT2D eigenvalue weighted by Crippen LogP contribution is -2.10. The van der Waals surface area contributed by atoms with Crippen molar-refractivity contribution in [3.05, 3.63) is 12.4 Å². The second kappa shape index (κ2) is 3.72. The third kappa shape index (κ3) is 2.05. The zero-order valence-corrected chi connectivity index (χ0v) is 6.33. The molecule has 1 rings (SSSR count). The van der Waals surface area contributed by atoms with Crippen LogP contribution in [0.3, 0.4) is 0 Å². The van der Waals surface area contributed by atoms with Gasteiger partial charge in [-0.2, -0.15) is 0 Å². The van der Waals surface area contributed by atoms with Gasteiger partial charge in [0.1, 0.15) is 5.82 Å². The van der Waals surface area contributed by atoms with E-state index in [9.17, 15) is 0 Å². The zero-order valence-electron chi connectivity index (χ0n) is 6.33. The van der Waals surface area contributed by atoms with Crippen LogP contribution in [0.25, 0.3) is 0 Å². The standard InChI is InChI=1S/C6H11N5/c1-2-9-5-3-8-4-6(10-5)11-7/h3-4H,2,7H2,1H3,(H2,9,10,11). The van der Waals surface area contributed by atoms with Gasteiger partial charge in [0.2, 0.25) is 0 Å². The Balaban J connectivity index is 2.74. The molecule has 1 heterocycles. The molecule has 5 heteroatoms. The zero-order chi connectivity index (χ0) is 8.10. The largest absolute Gasteiger partial charge is 0.369 e. The van der Waals surface area contributed by atoms with Crippen molar-refractivity contribution in [3.63, 3.8) is 0 Å². The number of aromatic nitrogens is 2. The minimum Gasteiger partial charge on any atom is -0.369 e. The molecule has 0 aliphatic rings. The van der Waals surface area contributed by atoms with Crippen LogP contribution in [0.5, 0.6) is 0 Å². The quantitative estimate of drug-likeness (QED) is 0.427. The summed E-state index contributed by atoms with van der Waals surface area (Å²) >= 11 is 0. The molecule has 1 aromatic rings. The van der Waals surface area contributed by atoms with Gasteiger partial charge in [-0.05, 0) is 6.92 Å². The third-order valence-corrected chi connectivity index (χ3v) is 1.14. The average Bonchev–Trinajstić information content (AvgIpc) is 2.06. The SMILES string of the molecule is CCNc1cncc(NN)n1. The number of hydrazine groups is 1. The van der Waals surface area contributed by atoms with Crippen molar-refractivity contribution >= 4 is 11.6 Å². The Morgan fingerprint density at radius 1 is 1.45 bits per heavy atom. The van der Waals surface area contributed by atoms with Crippen molar-refractivity contribution in [1.29, 1.82) is 0 Å². The van der Waals surface area contributed by atoms with Gasteiger partial charge >= 0.3 is 0 Å². The summed E-state index contributed by atoms with van der Waals surface area (Å²) in [5, 5.41) is 3.01. The van der Waals surface area contributed by atoms with E-state index in [-0.39, 0.29) is 0 Å². The molecule has 60 valence electrons. The van der Waals surface area contributed by atoms with E-state index in [0.29, 0.717) is 5.82 Å². The highest BCUT2D eigenvalue weighted by Gasteiger charge is 1.93. The summed E-state index contributed by atoms with van der Waals surface area (Å²) in [5.74, 6) is 6.42. The molecule has 0 radical (unpaired) electrons. The smallest absolute Gasteiger partial charge is 0.160 e. The summed E-state index contributed by atoms with van der Waals surface area (Å²) in [6.45, 7) is 2.81. The maximum Gasteiger partial charge on any atom is 0.160 e. The number of rotatable bonds is 3. The molecule has 0 saturated heterocycles. The van der Waals surface area contributed by atoms with Crippen LogP contribution >= 0.6 is 0 Å². The molecule has 5 nitrogen and oxygen atoms in total. The predicted molar refractivity (Wildman–Crippen MR) is 44.0 cm³/mol. The molecule has 0 atom stereocenters. The fraction of sp³-hybridized carbons (Fsp3) is 0.333. The van der Waals surface area contributed by atoms with Gasteiger partial charge in [-0.3, -0.25) is 4.98 Å². The first kappa shape index (κ1) is 7.74. The lowest BCUT2D eigenvalue weighted by Gasteiger charge is -2.02. The van der Waals surface area contributed by atoms with Crippen molar-refractivity contribution in [2.45, 2.75) is 6.92 Å². The Hall–Kier alpha value is -1.36. The van der Waals surface area contributed by atoms with E-state index in [1.165, 1.54) is 0 Å². The van der Waals surface area contributed by atoms with Crippen LogP contribution in [0.2, 0.25) is 0 Å². The number of nitrogens with one attached hydrogen (secondary N) is 2. The Bertz CT molecular complexity index is 224. The number of nitrogens with two attached hydrogens (primary N) is 1. The van der Waals surface area contributed by atoms with Crippen LogP contribution in [0.1, 0.15) is 6.92 Å². The molecule has 4 N–H and O–H groups in total. The molecule has 0 fully saturated rings. The predicted octanol–water partition coefficient (Wildman–Crippen LogP) is 0.194. The molecular formula is C6H11N5. The molecule has 0 amide bonds. The molecule has 0 unspecified atom stereocenters. The minimum atomic E-state index is 0.559. The highest BCUT2D eigenvalue weighted by Crippen LogP contribution is 2.03.